The van der Waals surface area contributed by atoms with Crippen LogP contribution in [0.15, 0.2) is 18.2 Å². The molecular formula is C18H28BNO3. The van der Waals surface area contributed by atoms with Gasteiger partial charge in [0.1, 0.15) is 5.75 Å². The summed E-state index contributed by atoms with van der Waals surface area (Å²) in [7, 11) is 1.37. The lowest BCUT2D eigenvalue weighted by atomic mass is 9.71. The summed E-state index contributed by atoms with van der Waals surface area (Å²) in [5.41, 5.74) is 1.80. The van der Waals surface area contributed by atoms with Gasteiger partial charge in [-0.15, -0.1) is 0 Å². The summed E-state index contributed by atoms with van der Waals surface area (Å²) >= 11 is 0. The summed E-state index contributed by atoms with van der Waals surface area (Å²) in [4.78, 5) is 0. The third-order valence-corrected chi connectivity index (χ3v) is 5.58. The molecule has 0 saturated carbocycles. The lowest BCUT2D eigenvalue weighted by Gasteiger charge is -2.32. The summed E-state index contributed by atoms with van der Waals surface area (Å²) in [6.45, 7) is 10.5. The van der Waals surface area contributed by atoms with Crippen LogP contribution in [0.5, 0.6) is 5.75 Å². The van der Waals surface area contributed by atoms with Gasteiger partial charge in [-0.25, -0.2) is 0 Å². The molecule has 2 aliphatic rings. The van der Waals surface area contributed by atoms with E-state index in [2.05, 4.69) is 45.1 Å². The van der Waals surface area contributed by atoms with Crippen molar-refractivity contribution in [1.82, 2.24) is 5.32 Å². The fourth-order valence-corrected chi connectivity index (χ4v) is 3.36. The molecule has 126 valence electrons. The molecule has 1 aromatic rings. The molecule has 0 spiro atoms. The zero-order valence-corrected chi connectivity index (χ0v) is 14.9. The second-order valence-corrected chi connectivity index (χ2v) is 7.61. The van der Waals surface area contributed by atoms with Crippen molar-refractivity contribution in [2.24, 2.45) is 0 Å². The maximum atomic E-state index is 6.29. The zero-order chi connectivity index (χ0) is 16.7. The van der Waals surface area contributed by atoms with E-state index in [1.807, 2.05) is 6.07 Å². The Bertz CT molecular complexity index is 551. The molecule has 2 fully saturated rings. The average molecular weight is 317 g/mol. The van der Waals surface area contributed by atoms with Crippen LogP contribution >= 0.6 is 0 Å². The number of hydrogen-bond donors (Lipinski definition) is 1. The van der Waals surface area contributed by atoms with E-state index in [9.17, 15) is 0 Å². The topological polar surface area (TPSA) is 39.7 Å². The van der Waals surface area contributed by atoms with Gasteiger partial charge < -0.3 is 19.4 Å². The highest BCUT2D eigenvalue weighted by molar-refractivity contribution is 6.62. The van der Waals surface area contributed by atoms with Crippen LogP contribution in [0.25, 0.3) is 0 Å². The first kappa shape index (κ1) is 16.8. The number of methoxy groups -OCH3 is 1. The molecule has 0 aromatic heterocycles. The fourth-order valence-electron chi connectivity index (χ4n) is 3.36. The van der Waals surface area contributed by atoms with Gasteiger partial charge in [0.05, 0.1) is 18.3 Å². The van der Waals surface area contributed by atoms with E-state index in [4.69, 9.17) is 14.0 Å². The van der Waals surface area contributed by atoms with Gasteiger partial charge in [0.15, 0.2) is 0 Å². The van der Waals surface area contributed by atoms with Crippen LogP contribution in [0, 0.1) is 0 Å². The predicted molar refractivity (Wildman–Crippen MR) is 93.6 cm³/mol. The summed E-state index contributed by atoms with van der Waals surface area (Å²) in [6, 6.07) is 6.32. The number of hydrogen-bond acceptors (Lipinski definition) is 4. The summed E-state index contributed by atoms with van der Waals surface area (Å²) < 4.78 is 18.0. The Morgan fingerprint density at radius 3 is 2.26 bits per heavy atom. The largest absolute Gasteiger partial charge is 0.497 e. The quantitative estimate of drug-likeness (QED) is 0.870. The van der Waals surface area contributed by atoms with Crippen LogP contribution in [0.1, 0.15) is 52.0 Å². The second-order valence-electron chi connectivity index (χ2n) is 7.61. The van der Waals surface area contributed by atoms with Crippen LogP contribution in [0.4, 0.5) is 0 Å². The van der Waals surface area contributed by atoms with Crippen LogP contribution in [-0.2, 0) is 9.31 Å². The van der Waals surface area contributed by atoms with E-state index in [0.29, 0.717) is 5.92 Å². The van der Waals surface area contributed by atoms with E-state index in [0.717, 1.165) is 37.1 Å². The highest BCUT2D eigenvalue weighted by Gasteiger charge is 2.52. The summed E-state index contributed by atoms with van der Waals surface area (Å²) in [5.74, 6) is 1.41. The van der Waals surface area contributed by atoms with Crippen molar-refractivity contribution in [3.63, 3.8) is 0 Å². The molecular weight excluding hydrogens is 289 g/mol. The van der Waals surface area contributed by atoms with E-state index in [1.165, 1.54) is 5.56 Å². The smallest absolute Gasteiger partial charge is 0.495 e. The molecule has 0 unspecified atom stereocenters. The highest BCUT2D eigenvalue weighted by atomic mass is 16.7. The molecule has 0 amide bonds. The maximum Gasteiger partial charge on any atom is 0.495 e. The Hall–Kier alpha value is -1.04. The van der Waals surface area contributed by atoms with Crippen molar-refractivity contribution >= 4 is 12.6 Å². The number of piperidine rings is 1. The third kappa shape index (κ3) is 3.15. The maximum absolute atomic E-state index is 6.29. The molecule has 4 nitrogen and oxygen atoms in total. The Morgan fingerprint density at radius 2 is 1.70 bits per heavy atom. The summed E-state index contributed by atoms with van der Waals surface area (Å²) in [6.07, 6.45) is 2.30. The molecule has 3 rings (SSSR count). The van der Waals surface area contributed by atoms with E-state index >= 15 is 0 Å². The summed E-state index contributed by atoms with van der Waals surface area (Å²) in [5, 5.41) is 3.44. The first-order chi connectivity index (χ1) is 10.8. The molecule has 1 aromatic carbocycles. The van der Waals surface area contributed by atoms with Gasteiger partial charge in [-0.2, -0.15) is 0 Å². The van der Waals surface area contributed by atoms with Gasteiger partial charge in [0, 0.05) is 0 Å². The van der Waals surface area contributed by atoms with Gasteiger partial charge in [0.2, 0.25) is 0 Å². The van der Waals surface area contributed by atoms with Crippen LogP contribution in [0.2, 0.25) is 0 Å². The Kier molecular flexibility index (Phi) is 4.47. The molecule has 2 heterocycles. The number of nitrogens with one attached hydrogen (secondary N) is 1. The molecule has 0 radical (unpaired) electrons. The number of ether oxygens (including phenoxy) is 1. The third-order valence-electron chi connectivity index (χ3n) is 5.58. The van der Waals surface area contributed by atoms with Gasteiger partial charge in [-0.1, -0.05) is 6.07 Å². The van der Waals surface area contributed by atoms with Crippen molar-refractivity contribution in [1.29, 1.82) is 0 Å². The van der Waals surface area contributed by atoms with Crippen molar-refractivity contribution in [3.8, 4) is 5.75 Å². The van der Waals surface area contributed by atoms with Crippen LogP contribution in [-0.4, -0.2) is 38.5 Å². The molecule has 23 heavy (non-hydrogen) atoms. The molecule has 2 saturated heterocycles. The van der Waals surface area contributed by atoms with Gasteiger partial charge in [-0.3, -0.25) is 0 Å². The highest BCUT2D eigenvalue weighted by Crippen LogP contribution is 2.38. The molecule has 0 atom stereocenters. The Morgan fingerprint density at radius 1 is 1.09 bits per heavy atom. The Labute approximate surface area is 140 Å². The monoisotopic (exact) mass is 317 g/mol. The number of rotatable bonds is 3. The second kappa shape index (κ2) is 6.12. The van der Waals surface area contributed by atoms with Gasteiger partial charge in [0.25, 0.3) is 0 Å². The van der Waals surface area contributed by atoms with E-state index in [-0.39, 0.29) is 18.3 Å². The van der Waals surface area contributed by atoms with E-state index < -0.39 is 0 Å². The van der Waals surface area contributed by atoms with Crippen molar-refractivity contribution in [3.05, 3.63) is 23.8 Å². The minimum absolute atomic E-state index is 0.327. The van der Waals surface area contributed by atoms with Crippen molar-refractivity contribution in [2.75, 3.05) is 20.2 Å². The minimum Gasteiger partial charge on any atom is -0.497 e. The van der Waals surface area contributed by atoms with E-state index in [1.54, 1.807) is 7.11 Å². The van der Waals surface area contributed by atoms with Crippen molar-refractivity contribution in [2.45, 2.75) is 57.7 Å². The number of benzene rings is 1. The van der Waals surface area contributed by atoms with Gasteiger partial charge in [-0.05, 0) is 82.7 Å². The lowest BCUT2D eigenvalue weighted by Crippen LogP contribution is -2.41. The Balaban J connectivity index is 1.96. The van der Waals surface area contributed by atoms with Crippen LogP contribution in [0.3, 0.4) is 0 Å². The molecule has 1 N–H and O–H groups in total. The predicted octanol–water partition coefficient (Wildman–Crippen LogP) is 2.46. The molecule has 2 aliphatic heterocycles. The average Bonchev–Trinajstić information content (AvgIpc) is 2.75. The normalized spacial score (nSPS) is 24.0. The van der Waals surface area contributed by atoms with Crippen molar-refractivity contribution < 1.29 is 14.0 Å². The molecule has 0 bridgehead atoms. The first-order valence-electron chi connectivity index (χ1n) is 8.58. The standard InChI is InChI=1S/C18H28BNO3/c1-17(2)18(3,4)23-19(22-17)16-12-14(21-5)6-7-15(16)13-8-10-20-11-9-13/h6-7,12-13,20H,8-11H2,1-5H3. The SMILES string of the molecule is COc1ccc(C2CCNCC2)c(B2OC(C)(C)C(C)(C)O2)c1. The fraction of sp³-hybridized carbons (Fsp3) is 0.667. The van der Waals surface area contributed by atoms with Crippen LogP contribution < -0.4 is 15.5 Å². The van der Waals surface area contributed by atoms with Gasteiger partial charge >= 0.3 is 7.12 Å². The first-order valence-corrected chi connectivity index (χ1v) is 8.58. The lowest BCUT2D eigenvalue weighted by molar-refractivity contribution is 0.00578. The zero-order valence-electron chi connectivity index (χ0n) is 14.9. The molecule has 5 heteroatoms. The minimum atomic E-state index is -0.333. The molecule has 0 aliphatic carbocycles.